The third-order valence-electron chi connectivity index (χ3n) is 2.34. The van der Waals surface area contributed by atoms with Gasteiger partial charge in [-0.15, -0.1) is 0 Å². The lowest BCUT2D eigenvalue weighted by molar-refractivity contribution is -0.385. The maximum absolute atomic E-state index is 10.9. The number of nitrogen functional groups attached to an aromatic ring is 1. The van der Waals surface area contributed by atoms with Crippen LogP contribution in [-0.2, 0) is 0 Å². The largest absolute Gasteiger partial charge is 0.497 e. The van der Waals surface area contributed by atoms with Crippen molar-refractivity contribution in [2.75, 3.05) is 12.8 Å². The highest BCUT2D eigenvalue weighted by Gasteiger charge is 2.17. The van der Waals surface area contributed by atoms with Gasteiger partial charge in [-0.1, -0.05) is 0 Å². The number of rotatable bonds is 4. The van der Waals surface area contributed by atoms with E-state index < -0.39 is 4.92 Å². The van der Waals surface area contributed by atoms with Gasteiger partial charge in [0.2, 0.25) is 11.6 Å². The maximum Gasteiger partial charge on any atom is 0.311 e. The second-order valence-electron chi connectivity index (χ2n) is 3.62. The molecule has 0 spiro atoms. The Balaban J connectivity index is 2.36. The molecule has 0 saturated heterocycles. The van der Waals surface area contributed by atoms with Crippen molar-refractivity contribution in [3.63, 3.8) is 0 Å². The normalized spacial score (nSPS) is 9.95. The number of aromatic nitrogens is 1. The summed E-state index contributed by atoms with van der Waals surface area (Å²) in [5, 5.41) is 10.9. The van der Waals surface area contributed by atoms with Crippen LogP contribution in [0.5, 0.6) is 17.4 Å². The quantitative estimate of drug-likeness (QED) is 0.669. The van der Waals surface area contributed by atoms with Crippen molar-refractivity contribution in [3.8, 4) is 17.4 Å². The third kappa shape index (κ3) is 2.89. The molecule has 0 aliphatic heterocycles. The Bertz CT molecular complexity index is 598. The Morgan fingerprint density at radius 3 is 2.68 bits per heavy atom. The van der Waals surface area contributed by atoms with Gasteiger partial charge in [0.15, 0.2) is 0 Å². The minimum absolute atomic E-state index is 0.0571. The van der Waals surface area contributed by atoms with Crippen molar-refractivity contribution in [1.82, 2.24) is 4.98 Å². The summed E-state index contributed by atoms with van der Waals surface area (Å²) in [6.45, 7) is 0. The fourth-order valence-electron chi connectivity index (χ4n) is 1.42. The van der Waals surface area contributed by atoms with Crippen LogP contribution < -0.4 is 15.2 Å². The fraction of sp³-hybridized carbons (Fsp3) is 0.0833. The highest BCUT2D eigenvalue weighted by molar-refractivity contribution is 5.52. The van der Waals surface area contributed by atoms with E-state index in [1.165, 1.54) is 37.6 Å². The van der Waals surface area contributed by atoms with Crippen LogP contribution in [0.15, 0.2) is 36.5 Å². The van der Waals surface area contributed by atoms with Crippen LogP contribution in [0.4, 0.5) is 11.4 Å². The van der Waals surface area contributed by atoms with Crippen LogP contribution in [0.1, 0.15) is 0 Å². The highest BCUT2D eigenvalue weighted by atomic mass is 16.6. The molecule has 2 N–H and O–H groups in total. The first kappa shape index (κ1) is 12.6. The first-order valence-corrected chi connectivity index (χ1v) is 5.32. The topological polar surface area (TPSA) is 101 Å². The maximum atomic E-state index is 10.9. The van der Waals surface area contributed by atoms with Gasteiger partial charge in [0.25, 0.3) is 0 Å². The zero-order valence-electron chi connectivity index (χ0n) is 10.1. The number of nitro groups is 1. The number of hydrogen-bond donors (Lipinski definition) is 1. The van der Waals surface area contributed by atoms with E-state index in [1.54, 1.807) is 6.07 Å². The Morgan fingerprint density at radius 2 is 2.11 bits per heavy atom. The fourth-order valence-corrected chi connectivity index (χ4v) is 1.42. The van der Waals surface area contributed by atoms with Crippen LogP contribution in [-0.4, -0.2) is 17.0 Å². The standard InChI is InChI=1S/C12H11N3O4/c1-18-9-3-4-10(15(16)17)11(6-9)19-12-5-2-8(13)7-14-12/h2-7H,13H2,1H3. The van der Waals surface area contributed by atoms with Gasteiger partial charge in [-0.3, -0.25) is 10.1 Å². The molecule has 0 fully saturated rings. The molecule has 19 heavy (non-hydrogen) atoms. The van der Waals surface area contributed by atoms with Crippen molar-refractivity contribution in [2.45, 2.75) is 0 Å². The zero-order chi connectivity index (χ0) is 13.8. The van der Waals surface area contributed by atoms with Crippen molar-refractivity contribution in [1.29, 1.82) is 0 Å². The minimum atomic E-state index is -0.536. The monoisotopic (exact) mass is 261 g/mol. The SMILES string of the molecule is COc1ccc([N+](=O)[O-])c(Oc2ccc(N)cn2)c1. The molecule has 0 amide bonds. The summed E-state index contributed by atoms with van der Waals surface area (Å²) in [5.74, 6) is 0.725. The smallest absolute Gasteiger partial charge is 0.311 e. The van der Waals surface area contributed by atoms with Crippen molar-refractivity contribution >= 4 is 11.4 Å². The van der Waals surface area contributed by atoms with E-state index in [9.17, 15) is 10.1 Å². The molecule has 7 heteroatoms. The average Bonchev–Trinajstić information content (AvgIpc) is 2.41. The second kappa shape index (κ2) is 5.21. The first-order chi connectivity index (χ1) is 9.10. The van der Waals surface area contributed by atoms with Crippen LogP contribution in [0.25, 0.3) is 0 Å². The van der Waals surface area contributed by atoms with Crippen LogP contribution >= 0.6 is 0 Å². The summed E-state index contributed by atoms with van der Waals surface area (Å²) < 4.78 is 10.4. The number of hydrogen-bond acceptors (Lipinski definition) is 6. The number of ether oxygens (including phenoxy) is 2. The number of nitrogens with two attached hydrogens (primary N) is 1. The van der Waals surface area contributed by atoms with Gasteiger partial charge >= 0.3 is 5.69 Å². The molecule has 0 aliphatic rings. The van der Waals surface area contributed by atoms with Crippen LogP contribution in [0.3, 0.4) is 0 Å². The molecule has 0 saturated carbocycles. The number of methoxy groups -OCH3 is 1. The molecular weight excluding hydrogens is 250 g/mol. The van der Waals surface area contributed by atoms with Crippen molar-refractivity contribution in [3.05, 3.63) is 46.6 Å². The molecule has 0 bridgehead atoms. The summed E-state index contributed by atoms with van der Waals surface area (Å²) in [7, 11) is 1.46. The lowest BCUT2D eigenvalue weighted by atomic mass is 10.3. The Kier molecular flexibility index (Phi) is 3.46. The van der Waals surface area contributed by atoms with E-state index in [4.69, 9.17) is 15.2 Å². The highest BCUT2D eigenvalue weighted by Crippen LogP contribution is 2.33. The molecular formula is C12H11N3O4. The van der Waals surface area contributed by atoms with Gasteiger partial charge in [0.1, 0.15) is 5.75 Å². The molecule has 7 nitrogen and oxygen atoms in total. The predicted molar refractivity (Wildman–Crippen MR) is 68.4 cm³/mol. The Morgan fingerprint density at radius 1 is 1.32 bits per heavy atom. The molecule has 1 aromatic carbocycles. The molecule has 98 valence electrons. The average molecular weight is 261 g/mol. The number of pyridine rings is 1. The Hall–Kier alpha value is -2.83. The minimum Gasteiger partial charge on any atom is -0.497 e. The molecule has 0 atom stereocenters. The molecule has 1 heterocycles. The van der Waals surface area contributed by atoms with Gasteiger partial charge < -0.3 is 15.2 Å². The van der Waals surface area contributed by atoms with E-state index in [-0.39, 0.29) is 17.3 Å². The summed E-state index contributed by atoms with van der Waals surface area (Å²) in [5.41, 5.74) is 5.81. The van der Waals surface area contributed by atoms with E-state index in [0.29, 0.717) is 11.4 Å². The van der Waals surface area contributed by atoms with Gasteiger partial charge in [0, 0.05) is 18.2 Å². The molecule has 1 aromatic heterocycles. The summed E-state index contributed by atoms with van der Waals surface area (Å²) >= 11 is 0. The summed E-state index contributed by atoms with van der Waals surface area (Å²) in [6.07, 6.45) is 1.40. The molecule has 0 unspecified atom stereocenters. The van der Waals surface area contributed by atoms with Gasteiger partial charge in [0.05, 0.1) is 23.9 Å². The number of nitrogens with zero attached hydrogens (tertiary/aromatic N) is 2. The number of nitro benzene ring substituents is 1. The number of anilines is 1. The van der Waals surface area contributed by atoms with E-state index >= 15 is 0 Å². The molecule has 0 aliphatic carbocycles. The Labute approximate surface area is 108 Å². The van der Waals surface area contributed by atoms with Gasteiger partial charge in [-0.25, -0.2) is 4.98 Å². The first-order valence-electron chi connectivity index (χ1n) is 5.32. The van der Waals surface area contributed by atoms with Crippen molar-refractivity contribution in [2.24, 2.45) is 0 Å². The molecule has 0 radical (unpaired) electrons. The van der Waals surface area contributed by atoms with E-state index in [0.717, 1.165) is 0 Å². The van der Waals surface area contributed by atoms with Crippen LogP contribution in [0.2, 0.25) is 0 Å². The molecule has 2 rings (SSSR count). The van der Waals surface area contributed by atoms with E-state index in [1.807, 2.05) is 0 Å². The van der Waals surface area contributed by atoms with Crippen LogP contribution in [0, 0.1) is 10.1 Å². The van der Waals surface area contributed by atoms with Crippen molar-refractivity contribution < 1.29 is 14.4 Å². The lowest BCUT2D eigenvalue weighted by Crippen LogP contribution is -1.96. The van der Waals surface area contributed by atoms with Gasteiger partial charge in [-0.2, -0.15) is 0 Å². The summed E-state index contributed by atoms with van der Waals surface area (Å²) in [4.78, 5) is 14.3. The molecule has 2 aromatic rings. The van der Waals surface area contributed by atoms with E-state index in [2.05, 4.69) is 4.98 Å². The third-order valence-corrected chi connectivity index (χ3v) is 2.34. The predicted octanol–water partition coefficient (Wildman–Crippen LogP) is 2.37. The number of benzene rings is 1. The summed E-state index contributed by atoms with van der Waals surface area (Å²) in [6, 6.07) is 7.34. The zero-order valence-corrected chi connectivity index (χ0v) is 10.1. The lowest BCUT2D eigenvalue weighted by Gasteiger charge is -2.07. The van der Waals surface area contributed by atoms with Gasteiger partial charge in [-0.05, 0) is 12.1 Å². The second-order valence-corrected chi connectivity index (χ2v) is 3.62.